The molecule has 0 radical (unpaired) electrons. The molecule has 0 atom stereocenters. The molecule has 0 bridgehead atoms. The Bertz CT molecular complexity index is 397. The molecule has 0 aliphatic heterocycles. The number of hydrogen-bond donors (Lipinski definition) is 1. The number of hydrogen-bond acceptors (Lipinski definition) is 3. The van der Waals surface area contributed by atoms with Crippen molar-refractivity contribution >= 4 is 5.57 Å². The topological polar surface area (TPSA) is 34.1 Å². The summed E-state index contributed by atoms with van der Waals surface area (Å²) in [6.45, 7) is 3.14. The van der Waals surface area contributed by atoms with Crippen molar-refractivity contribution in [1.82, 2.24) is 10.3 Å². The zero-order chi connectivity index (χ0) is 12.1. The summed E-state index contributed by atoms with van der Waals surface area (Å²) in [5.41, 5.74) is 2.13. The molecular formula is C14H20N2O. The summed E-state index contributed by atoms with van der Waals surface area (Å²) in [5.74, 6) is 0.844. The summed E-state index contributed by atoms with van der Waals surface area (Å²) >= 11 is 0. The third kappa shape index (κ3) is 3.56. The van der Waals surface area contributed by atoms with Crippen LogP contribution in [0, 0.1) is 0 Å². The molecule has 1 heterocycles. The summed E-state index contributed by atoms with van der Waals surface area (Å²) in [6, 6.07) is 4.62. The lowest BCUT2D eigenvalue weighted by Gasteiger charge is -2.07. The Kier molecular flexibility index (Phi) is 4.15. The summed E-state index contributed by atoms with van der Waals surface area (Å²) in [6.07, 6.45) is 7.76. The standard InChI is InChI=1S/C14H20N2O/c1-11(5-3-9-15-12-7-8-12)14-13(17-2)6-4-10-16-14/h4-6,10,12,15H,3,7-9H2,1-2H3/b11-5+. The smallest absolute Gasteiger partial charge is 0.144 e. The summed E-state index contributed by atoms with van der Waals surface area (Å²) in [4.78, 5) is 4.36. The zero-order valence-corrected chi connectivity index (χ0v) is 10.6. The van der Waals surface area contributed by atoms with Gasteiger partial charge in [-0.15, -0.1) is 0 Å². The lowest BCUT2D eigenvalue weighted by molar-refractivity contribution is 0.411. The number of ether oxygens (including phenoxy) is 1. The van der Waals surface area contributed by atoms with Gasteiger partial charge < -0.3 is 10.1 Å². The van der Waals surface area contributed by atoms with Gasteiger partial charge in [0, 0.05) is 12.2 Å². The molecule has 1 aliphatic rings. The predicted molar refractivity (Wildman–Crippen MR) is 70.1 cm³/mol. The highest BCUT2D eigenvalue weighted by molar-refractivity contribution is 5.65. The molecule has 1 saturated carbocycles. The highest BCUT2D eigenvalue weighted by atomic mass is 16.5. The van der Waals surface area contributed by atoms with Crippen molar-refractivity contribution < 1.29 is 4.74 Å². The molecule has 1 fully saturated rings. The van der Waals surface area contributed by atoms with Crippen LogP contribution in [0.25, 0.3) is 5.57 Å². The highest BCUT2D eigenvalue weighted by Gasteiger charge is 2.19. The molecule has 92 valence electrons. The van der Waals surface area contributed by atoms with Gasteiger partial charge in [0.2, 0.25) is 0 Å². The summed E-state index contributed by atoms with van der Waals surface area (Å²) < 4.78 is 5.30. The van der Waals surface area contributed by atoms with Crippen molar-refractivity contribution in [2.24, 2.45) is 0 Å². The Morgan fingerprint density at radius 1 is 1.59 bits per heavy atom. The molecule has 0 saturated heterocycles. The molecule has 17 heavy (non-hydrogen) atoms. The zero-order valence-electron chi connectivity index (χ0n) is 10.6. The van der Waals surface area contributed by atoms with Crippen molar-refractivity contribution in [3.8, 4) is 5.75 Å². The number of pyridine rings is 1. The maximum atomic E-state index is 5.30. The number of nitrogens with one attached hydrogen (secondary N) is 1. The summed E-state index contributed by atoms with van der Waals surface area (Å²) in [7, 11) is 1.68. The first-order chi connectivity index (χ1) is 8.31. The molecule has 1 aromatic heterocycles. The van der Waals surface area contributed by atoms with Crippen LogP contribution in [0.5, 0.6) is 5.75 Å². The quantitative estimate of drug-likeness (QED) is 0.766. The van der Waals surface area contributed by atoms with Gasteiger partial charge in [0.05, 0.1) is 7.11 Å². The van der Waals surface area contributed by atoms with Crippen LogP contribution in [0.2, 0.25) is 0 Å². The van der Waals surface area contributed by atoms with Crippen LogP contribution in [0.4, 0.5) is 0 Å². The fraction of sp³-hybridized carbons (Fsp3) is 0.500. The highest BCUT2D eigenvalue weighted by Crippen LogP contribution is 2.23. The molecule has 3 heteroatoms. The minimum absolute atomic E-state index is 0.785. The van der Waals surface area contributed by atoms with E-state index in [4.69, 9.17) is 4.74 Å². The largest absolute Gasteiger partial charge is 0.494 e. The molecule has 2 rings (SSSR count). The molecule has 0 spiro atoms. The average Bonchev–Trinajstić information content (AvgIpc) is 3.18. The second kappa shape index (κ2) is 5.82. The van der Waals surface area contributed by atoms with Gasteiger partial charge in [0.25, 0.3) is 0 Å². The van der Waals surface area contributed by atoms with E-state index in [1.807, 2.05) is 12.1 Å². The Hall–Kier alpha value is -1.35. The van der Waals surface area contributed by atoms with E-state index in [-0.39, 0.29) is 0 Å². The molecule has 1 aromatic rings. The number of rotatable bonds is 6. The third-order valence-corrected chi connectivity index (χ3v) is 2.97. The Morgan fingerprint density at radius 3 is 3.12 bits per heavy atom. The van der Waals surface area contributed by atoms with E-state index < -0.39 is 0 Å². The molecule has 0 unspecified atom stereocenters. The van der Waals surface area contributed by atoms with Crippen molar-refractivity contribution in [2.75, 3.05) is 13.7 Å². The van der Waals surface area contributed by atoms with E-state index in [0.717, 1.165) is 30.5 Å². The van der Waals surface area contributed by atoms with Gasteiger partial charge in [-0.3, -0.25) is 4.98 Å². The normalized spacial score (nSPS) is 16.0. The average molecular weight is 232 g/mol. The molecule has 0 amide bonds. The van der Waals surface area contributed by atoms with E-state index in [1.165, 1.54) is 18.4 Å². The minimum atomic E-state index is 0.785. The van der Waals surface area contributed by atoms with E-state index >= 15 is 0 Å². The second-order valence-corrected chi connectivity index (χ2v) is 4.46. The van der Waals surface area contributed by atoms with Gasteiger partial charge in [0.15, 0.2) is 0 Å². The molecule has 3 nitrogen and oxygen atoms in total. The number of methoxy groups -OCH3 is 1. The monoisotopic (exact) mass is 232 g/mol. The number of nitrogens with zero attached hydrogens (tertiary/aromatic N) is 1. The summed E-state index contributed by atoms with van der Waals surface area (Å²) in [5, 5.41) is 3.50. The third-order valence-electron chi connectivity index (χ3n) is 2.97. The van der Waals surface area contributed by atoms with E-state index in [1.54, 1.807) is 13.3 Å². The van der Waals surface area contributed by atoms with E-state index in [2.05, 4.69) is 23.3 Å². The minimum Gasteiger partial charge on any atom is -0.494 e. The van der Waals surface area contributed by atoms with Crippen molar-refractivity contribution in [1.29, 1.82) is 0 Å². The van der Waals surface area contributed by atoms with Crippen LogP contribution in [0.1, 0.15) is 31.9 Å². The van der Waals surface area contributed by atoms with Crippen molar-refractivity contribution in [2.45, 2.75) is 32.2 Å². The molecule has 1 N–H and O–H groups in total. The Labute approximate surface area is 103 Å². The van der Waals surface area contributed by atoms with Gasteiger partial charge in [-0.25, -0.2) is 0 Å². The Balaban J connectivity index is 1.91. The van der Waals surface area contributed by atoms with Crippen LogP contribution >= 0.6 is 0 Å². The molecule has 0 aromatic carbocycles. The van der Waals surface area contributed by atoms with Crippen LogP contribution in [-0.4, -0.2) is 24.7 Å². The lowest BCUT2D eigenvalue weighted by Crippen LogP contribution is -2.16. The van der Waals surface area contributed by atoms with Gasteiger partial charge in [-0.1, -0.05) is 6.08 Å². The first kappa shape index (κ1) is 12.1. The van der Waals surface area contributed by atoms with Crippen LogP contribution in [0.3, 0.4) is 0 Å². The maximum Gasteiger partial charge on any atom is 0.144 e. The molecule has 1 aliphatic carbocycles. The predicted octanol–water partition coefficient (Wildman–Crippen LogP) is 2.64. The van der Waals surface area contributed by atoms with E-state index in [9.17, 15) is 0 Å². The number of allylic oxidation sites excluding steroid dienone is 1. The maximum absolute atomic E-state index is 5.30. The van der Waals surface area contributed by atoms with Gasteiger partial charge >= 0.3 is 0 Å². The second-order valence-electron chi connectivity index (χ2n) is 4.46. The van der Waals surface area contributed by atoms with Crippen LogP contribution in [0.15, 0.2) is 24.4 Å². The first-order valence-electron chi connectivity index (χ1n) is 6.21. The van der Waals surface area contributed by atoms with E-state index in [0.29, 0.717) is 0 Å². The van der Waals surface area contributed by atoms with Crippen molar-refractivity contribution in [3.05, 3.63) is 30.1 Å². The van der Waals surface area contributed by atoms with Gasteiger partial charge in [-0.2, -0.15) is 0 Å². The van der Waals surface area contributed by atoms with Gasteiger partial charge in [0.1, 0.15) is 11.4 Å². The van der Waals surface area contributed by atoms with Crippen LogP contribution < -0.4 is 10.1 Å². The van der Waals surface area contributed by atoms with Crippen LogP contribution in [-0.2, 0) is 0 Å². The fourth-order valence-corrected chi connectivity index (χ4v) is 1.81. The fourth-order valence-electron chi connectivity index (χ4n) is 1.81. The Morgan fingerprint density at radius 2 is 2.41 bits per heavy atom. The lowest BCUT2D eigenvalue weighted by atomic mass is 10.1. The SMILES string of the molecule is COc1cccnc1/C(C)=C/CCNC1CC1. The van der Waals surface area contributed by atoms with Gasteiger partial charge in [-0.05, 0) is 50.4 Å². The molecular weight excluding hydrogens is 212 g/mol. The first-order valence-corrected chi connectivity index (χ1v) is 6.21. The number of aromatic nitrogens is 1. The van der Waals surface area contributed by atoms with Crippen molar-refractivity contribution in [3.63, 3.8) is 0 Å².